The standard InChI is InChI=1S/C12H11ClN4/c13-8-2-1-3-9(4-8)17-12-10-5-14-6-11(10)15-7-16-12/h1-4,7,14H,5-6H2,(H,15,16,17). The zero-order chi connectivity index (χ0) is 11.7. The van der Waals surface area contributed by atoms with Gasteiger partial charge in [0.15, 0.2) is 0 Å². The molecule has 86 valence electrons. The summed E-state index contributed by atoms with van der Waals surface area (Å²) in [5.41, 5.74) is 3.13. The molecule has 17 heavy (non-hydrogen) atoms. The van der Waals surface area contributed by atoms with Gasteiger partial charge in [-0.05, 0) is 18.2 Å². The van der Waals surface area contributed by atoms with Crippen LogP contribution in [0.25, 0.3) is 0 Å². The molecule has 0 unspecified atom stereocenters. The van der Waals surface area contributed by atoms with E-state index < -0.39 is 0 Å². The highest BCUT2D eigenvalue weighted by atomic mass is 35.5. The first-order chi connectivity index (χ1) is 8.33. The molecule has 0 fully saturated rings. The number of aromatic nitrogens is 2. The molecular formula is C12H11ClN4. The van der Waals surface area contributed by atoms with Crippen LogP contribution in [0.3, 0.4) is 0 Å². The molecule has 1 aliphatic heterocycles. The number of hydrogen-bond donors (Lipinski definition) is 2. The van der Waals surface area contributed by atoms with Gasteiger partial charge in [0, 0.05) is 29.4 Å². The molecule has 0 saturated heterocycles. The van der Waals surface area contributed by atoms with Crippen molar-refractivity contribution in [3.8, 4) is 0 Å². The summed E-state index contributed by atoms with van der Waals surface area (Å²) in [7, 11) is 0. The van der Waals surface area contributed by atoms with Gasteiger partial charge in [-0.1, -0.05) is 17.7 Å². The van der Waals surface area contributed by atoms with Crippen molar-refractivity contribution < 1.29 is 0 Å². The summed E-state index contributed by atoms with van der Waals surface area (Å²) in [4.78, 5) is 8.51. The van der Waals surface area contributed by atoms with Crippen LogP contribution in [-0.4, -0.2) is 9.97 Å². The Kier molecular flexibility index (Phi) is 2.66. The van der Waals surface area contributed by atoms with E-state index in [2.05, 4.69) is 20.6 Å². The first kappa shape index (κ1) is 10.5. The van der Waals surface area contributed by atoms with Gasteiger partial charge in [0.05, 0.1) is 5.69 Å². The number of fused-ring (bicyclic) bond motifs is 1. The van der Waals surface area contributed by atoms with Gasteiger partial charge in [-0.2, -0.15) is 0 Å². The van der Waals surface area contributed by atoms with Crippen LogP contribution >= 0.6 is 11.6 Å². The summed E-state index contributed by atoms with van der Waals surface area (Å²) >= 11 is 5.94. The van der Waals surface area contributed by atoms with Crippen molar-refractivity contribution in [2.75, 3.05) is 5.32 Å². The highest BCUT2D eigenvalue weighted by Crippen LogP contribution is 2.24. The highest BCUT2D eigenvalue weighted by Gasteiger charge is 2.16. The molecule has 0 aliphatic carbocycles. The molecule has 0 atom stereocenters. The predicted octanol–water partition coefficient (Wildman–Crippen LogP) is 2.48. The monoisotopic (exact) mass is 246 g/mol. The smallest absolute Gasteiger partial charge is 0.138 e. The lowest BCUT2D eigenvalue weighted by atomic mass is 10.2. The highest BCUT2D eigenvalue weighted by molar-refractivity contribution is 6.30. The molecule has 2 N–H and O–H groups in total. The van der Waals surface area contributed by atoms with E-state index in [-0.39, 0.29) is 0 Å². The molecule has 1 aromatic heterocycles. The predicted molar refractivity (Wildman–Crippen MR) is 67.3 cm³/mol. The Bertz CT molecular complexity index is 556. The molecule has 5 heteroatoms. The third-order valence-corrected chi connectivity index (χ3v) is 2.95. The second-order valence-electron chi connectivity index (χ2n) is 3.89. The van der Waals surface area contributed by atoms with Crippen molar-refractivity contribution in [3.05, 3.63) is 46.9 Å². The first-order valence-electron chi connectivity index (χ1n) is 5.39. The lowest BCUT2D eigenvalue weighted by Gasteiger charge is -2.09. The molecule has 0 saturated carbocycles. The van der Waals surface area contributed by atoms with E-state index >= 15 is 0 Å². The van der Waals surface area contributed by atoms with E-state index in [1.165, 1.54) is 0 Å². The van der Waals surface area contributed by atoms with Gasteiger partial charge in [-0.3, -0.25) is 0 Å². The molecule has 2 aromatic rings. The number of halogens is 1. The van der Waals surface area contributed by atoms with Crippen molar-refractivity contribution >= 4 is 23.1 Å². The van der Waals surface area contributed by atoms with Crippen LogP contribution in [0.5, 0.6) is 0 Å². The quantitative estimate of drug-likeness (QED) is 0.855. The summed E-state index contributed by atoms with van der Waals surface area (Å²) in [5, 5.41) is 7.23. The van der Waals surface area contributed by atoms with Gasteiger partial charge in [0.25, 0.3) is 0 Å². The molecule has 2 heterocycles. The molecule has 3 rings (SSSR count). The van der Waals surface area contributed by atoms with Crippen molar-refractivity contribution in [3.63, 3.8) is 0 Å². The van der Waals surface area contributed by atoms with E-state index in [1.54, 1.807) is 6.33 Å². The molecule has 0 spiro atoms. The minimum absolute atomic E-state index is 0.707. The van der Waals surface area contributed by atoms with Gasteiger partial charge < -0.3 is 10.6 Å². The van der Waals surface area contributed by atoms with Crippen molar-refractivity contribution in [2.24, 2.45) is 0 Å². The Morgan fingerprint density at radius 3 is 3.06 bits per heavy atom. The molecule has 1 aliphatic rings. The van der Waals surface area contributed by atoms with Gasteiger partial charge in [-0.15, -0.1) is 0 Å². The Morgan fingerprint density at radius 2 is 2.18 bits per heavy atom. The topological polar surface area (TPSA) is 49.8 Å². The maximum absolute atomic E-state index is 5.94. The zero-order valence-corrected chi connectivity index (χ0v) is 9.83. The minimum atomic E-state index is 0.707. The fraction of sp³-hybridized carbons (Fsp3) is 0.167. The lowest BCUT2D eigenvalue weighted by Crippen LogP contribution is -2.02. The average Bonchev–Trinajstić information content (AvgIpc) is 2.78. The van der Waals surface area contributed by atoms with Crippen molar-refractivity contribution in [2.45, 2.75) is 13.1 Å². The van der Waals surface area contributed by atoms with Gasteiger partial charge in [0.1, 0.15) is 12.1 Å². The second kappa shape index (κ2) is 4.31. The summed E-state index contributed by atoms with van der Waals surface area (Å²) in [6.45, 7) is 1.61. The fourth-order valence-electron chi connectivity index (χ4n) is 1.90. The molecule has 0 radical (unpaired) electrons. The van der Waals surface area contributed by atoms with E-state index in [4.69, 9.17) is 11.6 Å². The number of rotatable bonds is 2. The maximum atomic E-state index is 5.94. The van der Waals surface area contributed by atoms with Crippen molar-refractivity contribution in [1.29, 1.82) is 0 Å². The third-order valence-electron chi connectivity index (χ3n) is 2.72. The zero-order valence-electron chi connectivity index (χ0n) is 9.07. The molecule has 0 amide bonds. The summed E-state index contributed by atoms with van der Waals surface area (Å²) in [6, 6.07) is 7.59. The van der Waals surface area contributed by atoms with Crippen LogP contribution in [-0.2, 0) is 13.1 Å². The Labute approximate surface area is 104 Å². The van der Waals surface area contributed by atoms with Gasteiger partial charge in [-0.25, -0.2) is 9.97 Å². The second-order valence-corrected chi connectivity index (χ2v) is 4.32. The van der Waals surface area contributed by atoms with Crippen LogP contribution in [0, 0.1) is 0 Å². The van der Waals surface area contributed by atoms with E-state index in [1.807, 2.05) is 24.3 Å². The summed E-state index contributed by atoms with van der Waals surface area (Å²) < 4.78 is 0. The molecule has 1 aromatic carbocycles. The minimum Gasteiger partial charge on any atom is -0.340 e. The van der Waals surface area contributed by atoms with Gasteiger partial charge >= 0.3 is 0 Å². The average molecular weight is 247 g/mol. The number of hydrogen-bond acceptors (Lipinski definition) is 4. The SMILES string of the molecule is Clc1cccc(Nc2ncnc3c2CNC3)c1. The van der Waals surface area contributed by atoms with Gasteiger partial charge in [0.2, 0.25) is 0 Å². The number of benzene rings is 1. The Balaban J connectivity index is 1.93. The summed E-state index contributed by atoms with van der Waals surface area (Å²) in [5.74, 6) is 0.849. The number of nitrogens with one attached hydrogen (secondary N) is 2. The Morgan fingerprint density at radius 1 is 1.24 bits per heavy atom. The van der Waals surface area contributed by atoms with Crippen LogP contribution in [0.1, 0.15) is 11.3 Å². The van der Waals surface area contributed by atoms with E-state index in [0.29, 0.717) is 5.02 Å². The lowest BCUT2D eigenvalue weighted by molar-refractivity contribution is 0.758. The van der Waals surface area contributed by atoms with Crippen molar-refractivity contribution in [1.82, 2.24) is 15.3 Å². The maximum Gasteiger partial charge on any atom is 0.138 e. The number of anilines is 2. The Hall–Kier alpha value is -1.65. The van der Waals surface area contributed by atoms with Crippen LogP contribution < -0.4 is 10.6 Å². The largest absolute Gasteiger partial charge is 0.340 e. The van der Waals surface area contributed by atoms with E-state index in [9.17, 15) is 0 Å². The van der Waals surface area contributed by atoms with Crippen LogP contribution in [0.2, 0.25) is 5.02 Å². The number of nitrogens with zero attached hydrogens (tertiary/aromatic N) is 2. The first-order valence-corrected chi connectivity index (χ1v) is 5.77. The molecule has 4 nitrogen and oxygen atoms in total. The normalized spacial score (nSPS) is 13.5. The van der Waals surface area contributed by atoms with E-state index in [0.717, 1.165) is 35.9 Å². The third kappa shape index (κ3) is 2.09. The molecular weight excluding hydrogens is 236 g/mol. The fourth-order valence-corrected chi connectivity index (χ4v) is 2.09. The van der Waals surface area contributed by atoms with Crippen LogP contribution in [0.15, 0.2) is 30.6 Å². The summed E-state index contributed by atoms with van der Waals surface area (Å²) in [6.07, 6.45) is 1.58. The molecule has 0 bridgehead atoms. The van der Waals surface area contributed by atoms with Crippen LogP contribution in [0.4, 0.5) is 11.5 Å².